The highest BCUT2D eigenvalue weighted by Crippen LogP contribution is 2.09. The average molecular weight is 326 g/mol. The minimum atomic E-state index is 0.0860. The quantitative estimate of drug-likeness (QED) is 0.726. The van der Waals surface area contributed by atoms with Crippen molar-refractivity contribution < 1.29 is 4.79 Å². The van der Waals surface area contributed by atoms with Gasteiger partial charge in [-0.1, -0.05) is 24.3 Å². The SMILES string of the molecule is O=C(CCc1ccsc1)NCc1ccc(Cn2cncn2)cc1. The van der Waals surface area contributed by atoms with E-state index < -0.39 is 0 Å². The molecule has 5 nitrogen and oxygen atoms in total. The van der Waals surface area contributed by atoms with Gasteiger partial charge in [0.1, 0.15) is 12.7 Å². The van der Waals surface area contributed by atoms with E-state index in [1.807, 2.05) is 17.5 Å². The number of carbonyl (C=O) groups excluding carboxylic acids is 1. The van der Waals surface area contributed by atoms with Crippen molar-refractivity contribution in [3.05, 3.63) is 70.4 Å². The van der Waals surface area contributed by atoms with Crippen molar-refractivity contribution >= 4 is 17.2 Å². The molecule has 0 bridgehead atoms. The van der Waals surface area contributed by atoms with E-state index in [1.54, 1.807) is 22.3 Å². The first-order valence-electron chi connectivity index (χ1n) is 7.47. The molecule has 1 amide bonds. The molecule has 2 heterocycles. The highest BCUT2D eigenvalue weighted by molar-refractivity contribution is 7.07. The number of thiophene rings is 1. The molecule has 0 saturated heterocycles. The van der Waals surface area contributed by atoms with E-state index in [0.29, 0.717) is 19.5 Å². The van der Waals surface area contributed by atoms with Crippen LogP contribution in [0.1, 0.15) is 23.1 Å². The third kappa shape index (κ3) is 4.75. The number of aryl methyl sites for hydroxylation is 1. The molecule has 0 atom stereocenters. The number of amides is 1. The minimum Gasteiger partial charge on any atom is -0.352 e. The van der Waals surface area contributed by atoms with Crippen LogP contribution in [0.15, 0.2) is 53.7 Å². The number of carbonyl (C=O) groups is 1. The fraction of sp³-hybridized carbons (Fsp3) is 0.235. The summed E-state index contributed by atoms with van der Waals surface area (Å²) in [5.74, 6) is 0.0860. The van der Waals surface area contributed by atoms with Gasteiger partial charge >= 0.3 is 0 Å². The number of hydrogen-bond acceptors (Lipinski definition) is 4. The molecule has 0 spiro atoms. The fourth-order valence-corrected chi connectivity index (χ4v) is 2.95. The predicted octanol–water partition coefficient (Wildman–Crippen LogP) is 2.64. The lowest BCUT2D eigenvalue weighted by molar-refractivity contribution is -0.121. The molecule has 1 N–H and O–H groups in total. The Morgan fingerprint density at radius 3 is 2.65 bits per heavy atom. The lowest BCUT2D eigenvalue weighted by Gasteiger charge is -2.06. The Bertz CT molecular complexity index is 721. The molecule has 3 aromatic rings. The van der Waals surface area contributed by atoms with Gasteiger partial charge in [-0.3, -0.25) is 4.79 Å². The molecule has 0 aliphatic heterocycles. The van der Waals surface area contributed by atoms with Gasteiger partial charge in [0, 0.05) is 13.0 Å². The second kappa shape index (κ2) is 7.69. The van der Waals surface area contributed by atoms with Crippen molar-refractivity contribution in [1.29, 1.82) is 0 Å². The first-order chi connectivity index (χ1) is 11.3. The zero-order valence-electron chi connectivity index (χ0n) is 12.7. The van der Waals surface area contributed by atoms with Crippen LogP contribution in [0.2, 0.25) is 0 Å². The molecule has 6 heteroatoms. The van der Waals surface area contributed by atoms with Gasteiger partial charge in [0.25, 0.3) is 0 Å². The van der Waals surface area contributed by atoms with Crippen molar-refractivity contribution in [2.75, 3.05) is 0 Å². The molecule has 0 fully saturated rings. The summed E-state index contributed by atoms with van der Waals surface area (Å²) in [7, 11) is 0. The summed E-state index contributed by atoms with van der Waals surface area (Å²) in [5.41, 5.74) is 3.47. The van der Waals surface area contributed by atoms with Gasteiger partial charge in [-0.2, -0.15) is 16.4 Å². The highest BCUT2D eigenvalue weighted by Gasteiger charge is 2.03. The van der Waals surface area contributed by atoms with Gasteiger partial charge in [0.15, 0.2) is 0 Å². The number of hydrogen-bond donors (Lipinski definition) is 1. The van der Waals surface area contributed by atoms with Crippen molar-refractivity contribution in [2.24, 2.45) is 0 Å². The maximum Gasteiger partial charge on any atom is 0.220 e. The monoisotopic (exact) mass is 326 g/mol. The van der Waals surface area contributed by atoms with E-state index in [1.165, 1.54) is 11.9 Å². The molecule has 0 aliphatic carbocycles. The van der Waals surface area contributed by atoms with Crippen LogP contribution in [0, 0.1) is 0 Å². The predicted molar refractivity (Wildman–Crippen MR) is 90.1 cm³/mol. The average Bonchev–Trinajstić information content (AvgIpc) is 3.26. The van der Waals surface area contributed by atoms with E-state index in [0.717, 1.165) is 17.5 Å². The standard InChI is InChI=1S/C17H18N4OS/c22-17(6-5-16-7-8-23-11-16)19-9-14-1-3-15(4-2-14)10-21-13-18-12-20-21/h1-4,7-8,11-13H,5-6,9-10H2,(H,19,22). The van der Waals surface area contributed by atoms with Gasteiger partial charge in [0.2, 0.25) is 5.91 Å². The molecule has 0 unspecified atom stereocenters. The summed E-state index contributed by atoms with van der Waals surface area (Å²) in [6.07, 6.45) is 4.55. The van der Waals surface area contributed by atoms with Gasteiger partial charge in [0.05, 0.1) is 6.54 Å². The molecular weight excluding hydrogens is 308 g/mol. The highest BCUT2D eigenvalue weighted by atomic mass is 32.1. The first-order valence-corrected chi connectivity index (χ1v) is 8.42. The lowest BCUT2D eigenvalue weighted by atomic mass is 10.1. The van der Waals surface area contributed by atoms with Gasteiger partial charge < -0.3 is 5.32 Å². The van der Waals surface area contributed by atoms with Crippen molar-refractivity contribution in [2.45, 2.75) is 25.9 Å². The molecule has 0 saturated carbocycles. The van der Waals surface area contributed by atoms with E-state index in [-0.39, 0.29) is 5.91 Å². The van der Waals surface area contributed by atoms with Crippen LogP contribution >= 0.6 is 11.3 Å². The summed E-state index contributed by atoms with van der Waals surface area (Å²) in [6, 6.07) is 10.2. The fourth-order valence-electron chi connectivity index (χ4n) is 2.25. The Hall–Kier alpha value is -2.47. The van der Waals surface area contributed by atoms with Crippen molar-refractivity contribution in [3.63, 3.8) is 0 Å². The Morgan fingerprint density at radius 1 is 1.13 bits per heavy atom. The topological polar surface area (TPSA) is 59.8 Å². The van der Waals surface area contributed by atoms with Crippen LogP contribution in [0.25, 0.3) is 0 Å². The number of benzene rings is 1. The molecule has 1 aromatic carbocycles. The summed E-state index contributed by atoms with van der Waals surface area (Å²) in [6.45, 7) is 1.26. The molecule has 0 aliphatic rings. The molecule has 118 valence electrons. The second-order valence-electron chi connectivity index (χ2n) is 5.32. The van der Waals surface area contributed by atoms with E-state index in [2.05, 4.69) is 39.0 Å². The number of nitrogens with one attached hydrogen (secondary N) is 1. The van der Waals surface area contributed by atoms with Gasteiger partial charge in [-0.05, 0) is 39.9 Å². The smallest absolute Gasteiger partial charge is 0.220 e. The second-order valence-corrected chi connectivity index (χ2v) is 6.10. The summed E-state index contributed by atoms with van der Waals surface area (Å²) < 4.78 is 1.78. The lowest BCUT2D eigenvalue weighted by Crippen LogP contribution is -2.22. The number of aromatic nitrogens is 3. The Balaban J connectivity index is 1.43. The largest absolute Gasteiger partial charge is 0.352 e. The number of nitrogens with zero attached hydrogens (tertiary/aromatic N) is 3. The van der Waals surface area contributed by atoms with E-state index in [4.69, 9.17) is 0 Å². The number of rotatable bonds is 7. The minimum absolute atomic E-state index is 0.0860. The van der Waals surface area contributed by atoms with Crippen molar-refractivity contribution in [1.82, 2.24) is 20.1 Å². The van der Waals surface area contributed by atoms with Gasteiger partial charge in [-0.15, -0.1) is 0 Å². The van der Waals surface area contributed by atoms with E-state index in [9.17, 15) is 4.79 Å². The first kappa shape index (κ1) is 15.4. The molecular formula is C17H18N4OS. The van der Waals surface area contributed by atoms with Crippen LogP contribution in [0.4, 0.5) is 0 Å². The molecule has 23 heavy (non-hydrogen) atoms. The third-order valence-corrected chi connectivity index (χ3v) is 4.28. The van der Waals surface area contributed by atoms with Gasteiger partial charge in [-0.25, -0.2) is 9.67 Å². The van der Waals surface area contributed by atoms with Crippen LogP contribution in [0.3, 0.4) is 0 Å². The maximum atomic E-state index is 11.9. The van der Waals surface area contributed by atoms with Crippen molar-refractivity contribution in [3.8, 4) is 0 Å². The molecule has 0 radical (unpaired) electrons. The molecule has 2 aromatic heterocycles. The summed E-state index contributed by atoms with van der Waals surface area (Å²) >= 11 is 1.66. The van der Waals surface area contributed by atoms with E-state index >= 15 is 0 Å². The molecule has 3 rings (SSSR count). The van der Waals surface area contributed by atoms with Crippen LogP contribution in [0.5, 0.6) is 0 Å². The Labute approximate surface area is 139 Å². The Morgan fingerprint density at radius 2 is 1.96 bits per heavy atom. The summed E-state index contributed by atoms with van der Waals surface area (Å²) in [4.78, 5) is 15.8. The normalized spacial score (nSPS) is 10.6. The third-order valence-electron chi connectivity index (χ3n) is 3.54. The zero-order valence-corrected chi connectivity index (χ0v) is 13.5. The van der Waals surface area contributed by atoms with Crippen LogP contribution in [-0.2, 0) is 24.3 Å². The zero-order chi connectivity index (χ0) is 15.9. The summed E-state index contributed by atoms with van der Waals surface area (Å²) in [5, 5.41) is 11.2. The Kier molecular flexibility index (Phi) is 5.16. The van der Waals surface area contributed by atoms with Crippen LogP contribution < -0.4 is 5.32 Å². The maximum absolute atomic E-state index is 11.9. The van der Waals surface area contributed by atoms with Crippen LogP contribution in [-0.4, -0.2) is 20.7 Å².